The predicted molar refractivity (Wildman–Crippen MR) is 94.0 cm³/mol. The number of fused-ring (bicyclic) bond motifs is 1. The molecule has 0 spiro atoms. The molecule has 2 atom stereocenters. The van der Waals surface area contributed by atoms with E-state index in [1.54, 1.807) is 6.92 Å². The molecule has 24 heavy (non-hydrogen) atoms. The van der Waals surface area contributed by atoms with Gasteiger partial charge in [0.25, 0.3) is 0 Å². The van der Waals surface area contributed by atoms with Gasteiger partial charge in [0, 0.05) is 12.2 Å². The Morgan fingerprint density at radius 1 is 1.17 bits per heavy atom. The summed E-state index contributed by atoms with van der Waals surface area (Å²) in [4.78, 5) is 25.6. The number of rotatable bonds is 4. The van der Waals surface area contributed by atoms with Gasteiger partial charge >= 0.3 is 5.97 Å². The number of likely N-dealkylation sites (tertiary alicyclic amines) is 1. The summed E-state index contributed by atoms with van der Waals surface area (Å²) in [5.74, 6) is -1.07. The van der Waals surface area contributed by atoms with Crippen LogP contribution in [0.1, 0.15) is 26.2 Å². The molecule has 1 saturated heterocycles. The summed E-state index contributed by atoms with van der Waals surface area (Å²) in [5.41, 5.74) is 0.860. The fourth-order valence-electron chi connectivity index (χ4n) is 3.29. The Bertz CT molecular complexity index is 759. The molecule has 0 bridgehead atoms. The Labute approximate surface area is 141 Å². The Morgan fingerprint density at radius 2 is 1.92 bits per heavy atom. The lowest BCUT2D eigenvalue weighted by molar-refractivity contribution is -0.152. The molecule has 5 nitrogen and oxygen atoms in total. The number of amides is 1. The van der Waals surface area contributed by atoms with Gasteiger partial charge in [-0.05, 0) is 49.1 Å². The quantitative estimate of drug-likeness (QED) is 0.906. The van der Waals surface area contributed by atoms with E-state index >= 15 is 0 Å². The maximum Gasteiger partial charge on any atom is 0.326 e. The maximum absolute atomic E-state index is 12.7. The second-order valence-electron chi connectivity index (χ2n) is 6.31. The fraction of sp³-hybridized carbons (Fsp3) is 0.368. The van der Waals surface area contributed by atoms with E-state index in [0.717, 1.165) is 29.3 Å². The highest BCUT2D eigenvalue weighted by Gasteiger charge is 2.33. The summed E-state index contributed by atoms with van der Waals surface area (Å²) < 4.78 is 0. The number of nitrogens with zero attached hydrogens (tertiary/aromatic N) is 1. The molecule has 0 aliphatic carbocycles. The third kappa shape index (κ3) is 3.35. The Kier molecular flexibility index (Phi) is 4.69. The SMILES string of the molecule is C[C@@H](Nc1ccc2ccccc2c1)C(=O)N1CCCC[C@@H]1C(=O)O. The Morgan fingerprint density at radius 3 is 2.67 bits per heavy atom. The minimum Gasteiger partial charge on any atom is -0.480 e. The molecule has 1 fully saturated rings. The first-order chi connectivity index (χ1) is 11.6. The first-order valence-corrected chi connectivity index (χ1v) is 8.35. The van der Waals surface area contributed by atoms with Crippen LogP contribution in [0.15, 0.2) is 42.5 Å². The van der Waals surface area contributed by atoms with Gasteiger partial charge in [-0.25, -0.2) is 4.79 Å². The van der Waals surface area contributed by atoms with Gasteiger partial charge in [0.15, 0.2) is 0 Å². The molecule has 0 aromatic heterocycles. The minimum absolute atomic E-state index is 0.157. The number of benzene rings is 2. The van der Waals surface area contributed by atoms with Gasteiger partial charge in [0.1, 0.15) is 12.1 Å². The van der Waals surface area contributed by atoms with Gasteiger partial charge in [-0.1, -0.05) is 30.3 Å². The summed E-state index contributed by atoms with van der Waals surface area (Å²) in [6.07, 6.45) is 2.25. The predicted octanol–water partition coefficient (Wildman–Crippen LogP) is 3.11. The van der Waals surface area contributed by atoms with Crippen molar-refractivity contribution in [3.05, 3.63) is 42.5 Å². The molecule has 3 rings (SSSR count). The lowest BCUT2D eigenvalue weighted by Gasteiger charge is -2.35. The Hall–Kier alpha value is -2.56. The van der Waals surface area contributed by atoms with E-state index in [1.165, 1.54) is 4.90 Å². The second kappa shape index (κ2) is 6.91. The molecule has 1 amide bonds. The highest BCUT2D eigenvalue weighted by atomic mass is 16.4. The molecule has 1 aliphatic rings. The van der Waals surface area contributed by atoms with Crippen LogP contribution in [0, 0.1) is 0 Å². The first-order valence-electron chi connectivity index (χ1n) is 8.35. The molecule has 1 aliphatic heterocycles. The van der Waals surface area contributed by atoms with Crippen molar-refractivity contribution >= 4 is 28.3 Å². The molecule has 0 unspecified atom stereocenters. The minimum atomic E-state index is -0.916. The van der Waals surface area contributed by atoms with Crippen molar-refractivity contribution in [1.29, 1.82) is 0 Å². The second-order valence-corrected chi connectivity index (χ2v) is 6.31. The zero-order chi connectivity index (χ0) is 17.1. The average Bonchev–Trinajstić information content (AvgIpc) is 2.61. The van der Waals surface area contributed by atoms with Crippen LogP contribution >= 0.6 is 0 Å². The maximum atomic E-state index is 12.7. The number of hydrogen-bond donors (Lipinski definition) is 2. The molecule has 2 aromatic carbocycles. The van der Waals surface area contributed by atoms with Crippen molar-refractivity contribution < 1.29 is 14.7 Å². The van der Waals surface area contributed by atoms with Gasteiger partial charge in [-0.2, -0.15) is 0 Å². The van der Waals surface area contributed by atoms with E-state index in [4.69, 9.17) is 0 Å². The molecular formula is C19H22N2O3. The molecule has 2 aromatic rings. The van der Waals surface area contributed by atoms with Crippen molar-refractivity contribution in [2.24, 2.45) is 0 Å². The molecular weight excluding hydrogens is 304 g/mol. The van der Waals surface area contributed by atoms with Crippen molar-refractivity contribution in [3.8, 4) is 0 Å². The number of anilines is 1. The number of nitrogens with one attached hydrogen (secondary N) is 1. The zero-order valence-corrected chi connectivity index (χ0v) is 13.7. The van der Waals surface area contributed by atoms with Gasteiger partial charge in [0.2, 0.25) is 5.91 Å². The van der Waals surface area contributed by atoms with Gasteiger partial charge in [0.05, 0.1) is 0 Å². The fourth-order valence-corrected chi connectivity index (χ4v) is 3.29. The van der Waals surface area contributed by atoms with E-state index < -0.39 is 18.1 Å². The number of carboxylic acid groups (broad SMARTS) is 1. The number of aliphatic carboxylic acids is 1. The van der Waals surface area contributed by atoms with Crippen LogP contribution in [0.3, 0.4) is 0 Å². The van der Waals surface area contributed by atoms with Crippen molar-refractivity contribution in [3.63, 3.8) is 0 Å². The number of carbonyl (C=O) groups is 2. The molecule has 1 heterocycles. The topological polar surface area (TPSA) is 69.6 Å². The molecule has 126 valence electrons. The normalized spacial score (nSPS) is 19.0. The van der Waals surface area contributed by atoms with Crippen LogP contribution in [-0.4, -0.2) is 40.5 Å². The molecule has 2 N–H and O–H groups in total. The van der Waals surface area contributed by atoms with Crippen LogP contribution in [0.2, 0.25) is 0 Å². The summed E-state index contributed by atoms with van der Waals surface area (Å²) in [7, 11) is 0. The van der Waals surface area contributed by atoms with Gasteiger partial charge in [-0.15, -0.1) is 0 Å². The Balaban J connectivity index is 1.73. The summed E-state index contributed by atoms with van der Waals surface area (Å²) >= 11 is 0. The summed E-state index contributed by atoms with van der Waals surface area (Å²) in [6, 6.07) is 12.8. The van der Waals surface area contributed by atoms with E-state index in [1.807, 2.05) is 42.5 Å². The number of carboxylic acids is 1. The lowest BCUT2D eigenvalue weighted by Crippen LogP contribution is -2.52. The standard InChI is InChI=1S/C19H22N2O3/c1-13(18(22)21-11-5-4-8-17(21)19(23)24)20-16-10-9-14-6-2-3-7-15(14)12-16/h2-3,6-7,9-10,12-13,17,20H,4-5,8,11H2,1H3,(H,23,24)/t13-,17-/m1/s1. The van der Waals surface area contributed by atoms with Crippen molar-refractivity contribution in [1.82, 2.24) is 4.90 Å². The van der Waals surface area contributed by atoms with E-state index in [0.29, 0.717) is 13.0 Å². The largest absolute Gasteiger partial charge is 0.480 e. The lowest BCUT2D eigenvalue weighted by atomic mass is 10.0. The smallest absolute Gasteiger partial charge is 0.326 e. The van der Waals surface area contributed by atoms with Gasteiger partial charge in [-0.3, -0.25) is 4.79 Å². The van der Waals surface area contributed by atoms with E-state index in [9.17, 15) is 14.7 Å². The van der Waals surface area contributed by atoms with E-state index in [2.05, 4.69) is 5.32 Å². The van der Waals surface area contributed by atoms with Gasteiger partial charge < -0.3 is 15.3 Å². The highest BCUT2D eigenvalue weighted by Crippen LogP contribution is 2.22. The molecule has 5 heteroatoms. The molecule has 0 saturated carbocycles. The molecule has 0 radical (unpaired) electrons. The van der Waals surface area contributed by atoms with Crippen LogP contribution in [0.4, 0.5) is 5.69 Å². The van der Waals surface area contributed by atoms with Crippen molar-refractivity contribution in [2.75, 3.05) is 11.9 Å². The number of carbonyl (C=O) groups excluding carboxylic acids is 1. The third-order valence-electron chi connectivity index (χ3n) is 4.57. The average molecular weight is 326 g/mol. The van der Waals surface area contributed by atoms with Crippen molar-refractivity contribution in [2.45, 2.75) is 38.3 Å². The summed E-state index contributed by atoms with van der Waals surface area (Å²) in [5, 5.41) is 14.8. The third-order valence-corrected chi connectivity index (χ3v) is 4.57. The van der Waals surface area contributed by atoms with Crippen LogP contribution < -0.4 is 5.32 Å². The highest BCUT2D eigenvalue weighted by molar-refractivity contribution is 5.90. The number of hydrogen-bond acceptors (Lipinski definition) is 3. The van der Waals surface area contributed by atoms with Crippen LogP contribution in [0.25, 0.3) is 10.8 Å². The monoisotopic (exact) mass is 326 g/mol. The zero-order valence-electron chi connectivity index (χ0n) is 13.7. The van der Waals surface area contributed by atoms with Crippen LogP contribution in [-0.2, 0) is 9.59 Å². The number of piperidine rings is 1. The van der Waals surface area contributed by atoms with E-state index in [-0.39, 0.29) is 5.91 Å². The van der Waals surface area contributed by atoms with Crippen LogP contribution in [0.5, 0.6) is 0 Å². The first kappa shape index (κ1) is 16.3. The summed E-state index contributed by atoms with van der Waals surface area (Å²) in [6.45, 7) is 2.30.